The number of ether oxygens (including phenoxy) is 1. The molecule has 0 heterocycles. The zero-order valence-electron chi connectivity index (χ0n) is 12.5. The van der Waals surface area contributed by atoms with E-state index in [-0.39, 0.29) is 11.9 Å². The highest BCUT2D eigenvalue weighted by molar-refractivity contribution is 7.94. The minimum absolute atomic E-state index is 0.167. The number of carbonyl (C=O) groups excluding carboxylic acids is 1. The Balaban J connectivity index is 2.40. The van der Waals surface area contributed by atoms with Crippen LogP contribution in [0.1, 0.15) is 33.1 Å². The Morgan fingerprint density at radius 3 is 2.52 bits per heavy atom. The first-order valence-electron chi connectivity index (χ1n) is 7.03. The van der Waals surface area contributed by atoms with Gasteiger partial charge in [0.25, 0.3) is 0 Å². The van der Waals surface area contributed by atoms with E-state index in [0.717, 1.165) is 19.3 Å². The molecule has 21 heavy (non-hydrogen) atoms. The molecule has 0 radical (unpaired) electrons. The third kappa shape index (κ3) is 7.09. The van der Waals surface area contributed by atoms with Crippen LogP contribution in [0.2, 0.25) is 0 Å². The Bertz CT molecular complexity index is 561. The molecule has 0 saturated carbocycles. The molecule has 5 heteroatoms. The Hall–Kier alpha value is -1.62. The predicted octanol–water partition coefficient (Wildman–Crippen LogP) is 3.34. The van der Waals surface area contributed by atoms with Crippen molar-refractivity contribution in [1.29, 1.82) is 0 Å². The standard InChI is InChI=1S/C16H22O4S/c1-14(8-6-7-12-20-15(2)17)11-13-21(18,19)16-9-4-3-5-10-16/h3-5,9-11,13-14H,6-8,12H2,1-2H3/b13-11+/t14-/m1/s1. The highest BCUT2D eigenvalue weighted by Crippen LogP contribution is 2.15. The average molecular weight is 310 g/mol. The van der Waals surface area contributed by atoms with Gasteiger partial charge in [-0.2, -0.15) is 0 Å². The second-order valence-corrected chi connectivity index (χ2v) is 6.83. The zero-order chi connectivity index (χ0) is 15.7. The zero-order valence-corrected chi connectivity index (χ0v) is 13.3. The van der Waals surface area contributed by atoms with Crippen LogP contribution in [-0.2, 0) is 19.4 Å². The van der Waals surface area contributed by atoms with Crippen LogP contribution in [0.3, 0.4) is 0 Å². The quantitative estimate of drug-likeness (QED) is 0.546. The predicted molar refractivity (Wildman–Crippen MR) is 82.4 cm³/mol. The van der Waals surface area contributed by atoms with Crippen LogP contribution in [0.15, 0.2) is 46.7 Å². The molecule has 1 aromatic carbocycles. The number of hydrogen-bond donors (Lipinski definition) is 0. The van der Waals surface area contributed by atoms with Crippen LogP contribution in [0, 0.1) is 5.92 Å². The molecule has 116 valence electrons. The molecule has 0 aliphatic heterocycles. The van der Waals surface area contributed by atoms with Crippen LogP contribution in [-0.4, -0.2) is 21.0 Å². The van der Waals surface area contributed by atoms with Crippen molar-refractivity contribution in [2.75, 3.05) is 6.61 Å². The van der Waals surface area contributed by atoms with Crippen LogP contribution in [0.25, 0.3) is 0 Å². The number of allylic oxidation sites excluding steroid dienone is 1. The fourth-order valence-corrected chi connectivity index (χ4v) is 2.98. The first kappa shape index (κ1) is 17.4. The first-order chi connectivity index (χ1) is 9.92. The number of carbonyl (C=O) groups is 1. The minimum atomic E-state index is -3.35. The molecule has 0 spiro atoms. The van der Waals surface area contributed by atoms with Gasteiger partial charge in [0.15, 0.2) is 9.84 Å². The van der Waals surface area contributed by atoms with Gasteiger partial charge in [-0.15, -0.1) is 0 Å². The maximum atomic E-state index is 12.0. The third-order valence-corrected chi connectivity index (χ3v) is 4.46. The summed E-state index contributed by atoms with van der Waals surface area (Å²) in [6.45, 7) is 3.79. The Labute approximate surface area is 126 Å². The van der Waals surface area contributed by atoms with Gasteiger partial charge in [0, 0.05) is 12.3 Å². The lowest BCUT2D eigenvalue weighted by molar-refractivity contribution is -0.141. The smallest absolute Gasteiger partial charge is 0.302 e. The van der Waals surface area contributed by atoms with Crippen molar-refractivity contribution >= 4 is 15.8 Å². The van der Waals surface area contributed by atoms with E-state index < -0.39 is 9.84 Å². The van der Waals surface area contributed by atoms with Crippen LogP contribution in [0.4, 0.5) is 0 Å². The van der Waals surface area contributed by atoms with E-state index in [2.05, 4.69) is 0 Å². The molecule has 1 rings (SSSR count). The van der Waals surface area contributed by atoms with Crippen LogP contribution < -0.4 is 0 Å². The first-order valence-corrected chi connectivity index (χ1v) is 8.58. The van der Waals surface area contributed by atoms with E-state index in [1.165, 1.54) is 12.3 Å². The van der Waals surface area contributed by atoms with Crippen molar-refractivity contribution in [2.45, 2.75) is 38.0 Å². The summed E-state index contributed by atoms with van der Waals surface area (Å²) in [5.41, 5.74) is 0. The van der Waals surface area contributed by atoms with Crippen molar-refractivity contribution in [1.82, 2.24) is 0 Å². The number of hydrogen-bond acceptors (Lipinski definition) is 4. The van der Waals surface area contributed by atoms with Gasteiger partial charge in [0.2, 0.25) is 0 Å². The van der Waals surface area contributed by atoms with Gasteiger partial charge in [0.1, 0.15) is 0 Å². The van der Waals surface area contributed by atoms with Gasteiger partial charge in [-0.05, 0) is 37.3 Å². The molecule has 0 unspecified atom stereocenters. The van der Waals surface area contributed by atoms with Gasteiger partial charge in [-0.25, -0.2) is 8.42 Å². The fourth-order valence-electron chi connectivity index (χ4n) is 1.81. The lowest BCUT2D eigenvalue weighted by Crippen LogP contribution is -2.01. The molecular weight excluding hydrogens is 288 g/mol. The van der Waals surface area contributed by atoms with Gasteiger partial charge in [-0.3, -0.25) is 4.79 Å². The van der Waals surface area contributed by atoms with Crippen LogP contribution in [0.5, 0.6) is 0 Å². The lowest BCUT2D eigenvalue weighted by Gasteiger charge is -2.06. The van der Waals surface area contributed by atoms with E-state index in [1.54, 1.807) is 36.4 Å². The second-order valence-electron chi connectivity index (χ2n) is 5.00. The number of unbranched alkanes of at least 4 members (excludes halogenated alkanes) is 1. The summed E-state index contributed by atoms with van der Waals surface area (Å²) in [4.78, 5) is 10.9. The van der Waals surface area contributed by atoms with E-state index in [9.17, 15) is 13.2 Å². The Kier molecular flexibility index (Phi) is 7.15. The Morgan fingerprint density at radius 1 is 1.24 bits per heavy atom. The number of rotatable bonds is 8. The van der Waals surface area contributed by atoms with E-state index in [4.69, 9.17) is 4.74 Å². The average Bonchev–Trinajstić information content (AvgIpc) is 2.45. The monoisotopic (exact) mass is 310 g/mol. The van der Waals surface area contributed by atoms with Crippen molar-refractivity contribution in [2.24, 2.45) is 5.92 Å². The van der Waals surface area contributed by atoms with Crippen molar-refractivity contribution < 1.29 is 17.9 Å². The number of esters is 1. The molecule has 1 atom stereocenters. The maximum absolute atomic E-state index is 12.0. The summed E-state index contributed by atoms with van der Waals surface area (Å²) in [6, 6.07) is 8.37. The Morgan fingerprint density at radius 2 is 1.90 bits per heavy atom. The van der Waals surface area contributed by atoms with Crippen LogP contribution >= 0.6 is 0 Å². The fraction of sp³-hybridized carbons (Fsp3) is 0.438. The second kappa shape index (κ2) is 8.62. The summed E-state index contributed by atoms with van der Waals surface area (Å²) in [6.07, 6.45) is 4.27. The molecule has 0 saturated heterocycles. The molecule has 0 aliphatic carbocycles. The van der Waals surface area contributed by atoms with E-state index >= 15 is 0 Å². The lowest BCUT2D eigenvalue weighted by atomic mass is 10.1. The molecular formula is C16H22O4S. The summed E-state index contributed by atoms with van der Waals surface area (Å²) >= 11 is 0. The largest absolute Gasteiger partial charge is 0.466 e. The minimum Gasteiger partial charge on any atom is -0.466 e. The molecule has 1 aromatic rings. The van der Waals surface area contributed by atoms with Gasteiger partial charge >= 0.3 is 5.97 Å². The van der Waals surface area contributed by atoms with E-state index in [0.29, 0.717) is 11.5 Å². The van der Waals surface area contributed by atoms with Crippen molar-refractivity contribution in [3.05, 3.63) is 41.8 Å². The topological polar surface area (TPSA) is 60.4 Å². The molecule has 0 aromatic heterocycles. The third-order valence-electron chi connectivity index (χ3n) is 3.02. The summed E-state index contributed by atoms with van der Waals surface area (Å²) in [5, 5.41) is 1.28. The summed E-state index contributed by atoms with van der Waals surface area (Å²) in [7, 11) is -3.35. The van der Waals surface area contributed by atoms with Gasteiger partial charge in [-0.1, -0.05) is 31.2 Å². The van der Waals surface area contributed by atoms with Crippen molar-refractivity contribution in [3.8, 4) is 0 Å². The SMILES string of the molecule is CC(=O)OCCCC[C@@H](C)/C=C/S(=O)(=O)c1ccccc1. The highest BCUT2D eigenvalue weighted by atomic mass is 32.2. The highest BCUT2D eigenvalue weighted by Gasteiger charge is 2.09. The van der Waals surface area contributed by atoms with Gasteiger partial charge < -0.3 is 4.74 Å². The molecule has 0 aliphatic rings. The molecule has 0 amide bonds. The van der Waals surface area contributed by atoms with Gasteiger partial charge in [0.05, 0.1) is 11.5 Å². The molecule has 0 N–H and O–H groups in total. The number of sulfone groups is 1. The number of benzene rings is 1. The maximum Gasteiger partial charge on any atom is 0.302 e. The molecule has 4 nitrogen and oxygen atoms in total. The summed E-state index contributed by atoms with van der Waals surface area (Å²) < 4.78 is 28.9. The molecule has 0 bridgehead atoms. The summed E-state index contributed by atoms with van der Waals surface area (Å²) in [5.74, 6) is -0.0993. The van der Waals surface area contributed by atoms with Crippen molar-refractivity contribution in [3.63, 3.8) is 0 Å². The van der Waals surface area contributed by atoms with E-state index in [1.807, 2.05) is 6.92 Å². The normalized spacial score (nSPS) is 13.2. The molecule has 0 fully saturated rings.